The third-order valence-electron chi connectivity index (χ3n) is 1.78. The first-order valence-corrected chi connectivity index (χ1v) is 4.33. The van der Waals surface area contributed by atoms with Gasteiger partial charge in [0.2, 0.25) is 0 Å². The van der Waals surface area contributed by atoms with Crippen molar-refractivity contribution in [3.05, 3.63) is 60.5 Å². The second-order valence-corrected chi connectivity index (χ2v) is 3.18. The summed E-state index contributed by atoms with van der Waals surface area (Å²) in [6, 6.07) is 0. The molecule has 0 unspecified atom stereocenters. The highest BCUT2D eigenvalue weighted by molar-refractivity contribution is 6.29. The van der Waals surface area contributed by atoms with Crippen molar-refractivity contribution in [2.24, 2.45) is 0 Å². The zero-order valence-electron chi connectivity index (χ0n) is 7.46. The maximum atomic E-state index is 5.98. The van der Waals surface area contributed by atoms with E-state index in [1.807, 2.05) is 23.1 Å². The molecule has 0 aromatic heterocycles. The first-order chi connectivity index (χ1) is 6.15. The maximum Gasteiger partial charge on any atom is 0.109 e. The number of hydrogen-bond donors (Lipinski definition) is 0. The van der Waals surface area contributed by atoms with Gasteiger partial charge in [-0.25, -0.2) is 0 Å². The Bertz CT molecular complexity index is 310. The molecule has 1 nitrogen and oxygen atoms in total. The minimum absolute atomic E-state index is 0.641. The fraction of sp³-hybridized carbons (Fsp3) is 0.0909. The Balaban J connectivity index is 2.74. The smallest absolute Gasteiger partial charge is 0.109 e. The molecule has 2 heteroatoms. The number of hydrogen-bond acceptors (Lipinski definition) is 1. The number of nitrogens with zero attached hydrogens (tertiary/aromatic N) is 1. The Hall–Kier alpha value is -1.21. The molecular formula is C11H12ClN. The molecule has 1 heterocycles. The molecule has 0 aliphatic carbocycles. The van der Waals surface area contributed by atoms with Crippen molar-refractivity contribution in [2.75, 3.05) is 6.54 Å². The van der Waals surface area contributed by atoms with Gasteiger partial charge in [0.05, 0.1) is 0 Å². The molecule has 1 aliphatic heterocycles. The second-order valence-electron chi connectivity index (χ2n) is 2.79. The van der Waals surface area contributed by atoms with Crippen molar-refractivity contribution in [2.45, 2.75) is 0 Å². The van der Waals surface area contributed by atoms with Gasteiger partial charge in [-0.05, 0) is 17.7 Å². The van der Waals surface area contributed by atoms with Crippen LogP contribution in [0.4, 0.5) is 0 Å². The van der Waals surface area contributed by atoms with E-state index < -0.39 is 0 Å². The van der Waals surface area contributed by atoms with Gasteiger partial charge in [0.15, 0.2) is 0 Å². The molecule has 0 bridgehead atoms. The van der Waals surface area contributed by atoms with Crippen molar-refractivity contribution >= 4 is 11.6 Å². The van der Waals surface area contributed by atoms with Gasteiger partial charge in [-0.3, -0.25) is 0 Å². The molecule has 0 fully saturated rings. The van der Waals surface area contributed by atoms with E-state index in [9.17, 15) is 0 Å². The largest absolute Gasteiger partial charge is 0.328 e. The lowest BCUT2D eigenvalue weighted by Gasteiger charge is -2.26. The van der Waals surface area contributed by atoms with Crippen molar-refractivity contribution in [3.63, 3.8) is 0 Å². The fourth-order valence-corrected chi connectivity index (χ4v) is 1.24. The van der Waals surface area contributed by atoms with Crippen LogP contribution in [-0.2, 0) is 0 Å². The van der Waals surface area contributed by atoms with Crippen LogP contribution in [0, 0.1) is 0 Å². The van der Waals surface area contributed by atoms with Crippen molar-refractivity contribution in [3.8, 4) is 0 Å². The molecule has 0 amide bonds. The Morgan fingerprint density at radius 2 is 2.31 bits per heavy atom. The molecule has 0 radical (unpaired) electrons. The van der Waals surface area contributed by atoms with Gasteiger partial charge >= 0.3 is 0 Å². The molecule has 0 N–H and O–H groups in total. The first-order valence-electron chi connectivity index (χ1n) is 3.95. The first kappa shape index (κ1) is 9.87. The van der Waals surface area contributed by atoms with E-state index in [1.165, 1.54) is 0 Å². The van der Waals surface area contributed by atoms with Gasteiger partial charge < -0.3 is 4.90 Å². The van der Waals surface area contributed by atoms with Crippen molar-refractivity contribution in [1.29, 1.82) is 0 Å². The summed E-state index contributed by atoms with van der Waals surface area (Å²) >= 11 is 5.98. The van der Waals surface area contributed by atoms with Crippen molar-refractivity contribution < 1.29 is 0 Å². The predicted molar refractivity (Wildman–Crippen MR) is 58.3 cm³/mol. The number of rotatable bonds is 3. The summed E-state index contributed by atoms with van der Waals surface area (Å²) in [6.07, 6.45) is 7.32. The molecule has 0 aromatic carbocycles. The molecular weight excluding hydrogens is 182 g/mol. The lowest BCUT2D eigenvalue weighted by atomic mass is 10.2. The van der Waals surface area contributed by atoms with E-state index in [2.05, 4.69) is 19.7 Å². The van der Waals surface area contributed by atoms with Crippen LogP contribution >= 0.6 is 11.6 Å². The Labute approximate surface area is 84.0 Å². The standard InChI is InChI=1S/C11H12ClN/c1-4-9(2)8-13-10(3)6-5-7-11(13)12/h4-7H,1-3,8H2. The molecule has 13 heavy (non-hydrogen) atoms. The summed E-state index contributed by atoms with van der Waals surface area (Å²) in [7, 11) is 0. The lowest BCUT2D eigenvalue weighted by molar-refractivity contribution is 0.508. The molecule has 0 spiro atoms. The van der Waals surface area contributed by atoms with E-state index in [4.69, 9.17) is 11.6 Å². The monoisotopic (exact) mass is 193 g/mol. The van der Waals surface area contributed by atoms with Gasteiger partial charge in [0.25, 0.3) is 0 Å². The fourth-order valence-electron chi connectivity index (χ4n) is 1.00. The van der Waals surface area contributed by atoms with Crippen LogP contribution < -0.4 is 0 Å². The highest BCUT2D eigenvalue weighted by atomic mass is 35.5. The topological polar surface area (TPSA) is 3.24 Å². The zero-order valence-corrected chi connectivity index (χ0v) is 8.22. The average Bonchev–Trinajstić information content (AvgIpc) is 2.11. The minimum Gasteiger partial charge on any atom is -0.328 e. The normalized spacial score (nSPS) is 15.6. The summed E-state index contributed by atoms with van der Waals surface area (Å²) < 4.78 is 0. The Morgan fingerprint density at radius 1 is 1.62 bits per heavy atom. The van der Waals surface area contributed by atoms with E-state index in [0.29, 0.717) is 11.7 Å². The van der Waals surface area contributed by atoms with Crippen LogP contribution in [0.15, 0.2) is 60.5 Å². The van der Waals surface area contributed by atoms with Gasteiger partial charge in [-0.2, -0.15) is 0 Å². The van der Waals surface area contributed by atoms with Crippen LogP contribution in [0.2, 0.25) is 0 Å². The van der Waals surface area contributed by atoms with Gasteiger partial charge in [0, 0.05) is 12.2 Å². The van der Waals surface area contributed by atoms with E-state index in [0.717, 1.165) is 11.3 Å². The van der Waals surface area contributed by atoms with Gasteiger partial charge in [-0.1, -0.05) is 43.5 Å². The second kappa shape index (κ2) is 4.15. The molecule has 0 saturated heterocycles. The molecule has 68 valence electrons. The minimum atomic E-state index is 0.641. The van der Waals surface area contributed by atoms with Crippen LogP contribution in [0.25, 0.3) is 0 Å². The van der Waals surface area contributed by atoms with Gasteiger partial charge in [0.1, 0.15) is 5.16 Å². The third-order valence-corrected chi connectivity index (χ3v) is 2.11. The van der Waals surface area contributed by atoms with E-state index in [-0.39, 0.29) is 0 Å². The molecule has 1 rings (SSSR count). The Kier molecular flexibility index (Phi) is 3.15. The van der Waals surface area contributed by atoms with Crippen LogP contribution in [0.3, 0.4) is 0 Å². The maximum absolute atomic E-state index is 5.98. The SMILES string of the molecule is C=CC(=C)CN1C(=C)C=CC=C1Cl. The molecule has 1 aliphatic rings. The quantitative estimate of drug-likeness (QED) is 0.492. The molecule has 0 atom stereocenters. The average molecular weight is 194 g/mol. The zero-order chi connectivity index (χ0) is 9.84. The predicted octanol–water partition coefficient (Wildman–Crippen LogP) is 3.19. The molecule has 0 aromatic rings. The Morgan fingerprint density at radius 3 is 2.85 bits per heavy atom. The summed E-state index contributed by atoms with van der Waals surface area (Å²) in [4.78, 5) is 1.88. The van der Waals surface area contributed by atoms with Crippen LogP contribution in [0.5, 0.6) is 0 Å². The van der Waals surface area contributed by atoms with E-state index >= 15 is 0 Å². The lowest BCUT2D eigenvalue weighted by Crippen LogP contribution is -2.21. The third kappa shape index (κ3) is 2.36. The summed E-state index contributed by atoms with van der Waals surface area (Å²) in [6.45, 7) is 12.0. The highest BCUT2D eigenvalue weighted by Crippen LogP contribution is 2.21. The van der Waals surface area contributed by atoms with Crippen molar-refractivity contribution in [1.82, 2.24) is 4.90 Å². The van der Waals surface area contributed by atoms with Crippen LogP contribution in [-0.4, -0.2) is 11.4 Å². The summed E-state index contributed by atoms with van der Waals surface area (Å²) in [5.41, 5.74) is 1.79. The summed E-state index contributed by atoms with van der Waals surface area (Å²) in [5, 5.41) is 0.663. The van der Waals surface area contributed by atoms with Gasteiger partial charge in [-0.15, -0.1) is 0 Å². The van der Waals surface area contributed by atoms with Crippen LogP contribution in [0.1, 0.15) is 0 Å². The number of allylic oxidation sites excluding steroid dienone is 3. The molecule has 0 saturated carbocycles. The number of halogens is 1. The highest BCUT2D eigenvalue weighted by Gasteiger charge is 2.11. The van der Waals surface area contributed by atoms with E-state index in [1.54, 1.807) is 6.08 Å². The summed E-state index contributed by atoms with van der Waals surface area (Å²) in [5.74, 6) is 0.